The summed E-state index contributed by atoms with van der Waals surface area (Å²) in [6.45, 7) is 2.52. The number of benzene rings is 1. The predicted octanol–water partition coefficient (Wildman–Crippen LogP) is 2.63. The maximum atomic E-state index is 12.1. The second-order valence-electron chi connectivity index (χ2n) is 5.13. The van der Waals surface area contributed by atoms with Crippen molar-refractivity contribution in [1.82, 2.24) is 4.90 Å². The van der Waals surface area contributed by atoms with Gasteiger partial charge in [-0.05, 0) is 31.9 Å². The molecular weight excluding hydrogens is 270 g/mol. The summed E-state index contributed by atoms with van der Waals surface area (Å²) in [5, 5.41) is 10.8. The second-order valence-corrected chi connectivity index (χ2v) is 5.13. The molecule has 0 saturated carbocycles. The van der Waals surface area contributed by atoms with Crippen LogP contribution in [0.5, 0.6) is 0 Å². The fourth-order valence-corrected chi connectivity index (χ4v) is 2.11. The van der Waals surface area contributed by atoms with Crippen LogP contribution < -0.4 is 5.73 Å². The number of hydrogen-bond acceptors (Lipinski definition) is 4. The monoisotopic (exact) mass is 293 g/mol. The Balaban J connectivity index is 2.64. The largest absolute Gasteiger partial charge is 0.339 e. The molecule has 21 heavy (non-hydrogen) atoms. The number of carbonyl (C=O) groups is 1. The molecule has 116 valence electrons. The number of nitrogens with two attached hydrogens (primary N) is 1. The van der Waals surface area contributed by atoms with E-state index in [1.807, 2.05) is 6.92 Å². The van der Waals surface area contributed by atoms with E-state index in [-0.39, 0.29) is 17.6 Å². The Morgan fingerprint density at radius 3 is 2.71 bits per heavy atom. The maximum absolute atomic E-state index is 12.1. The van der Waals surface area contributed by atoms with Crippen LogP contribution in [0, 0.1) is 10.1 Å². The van der Waals surface area contributed by atoms with E-state index in [0.717, 1.165) is 24.8 Å². The number of unbranched alkanes of at least 4 members (excludes halogenated alkanes) is 2. The van der Waals surface area contributed by atoms with E-state index in [1.54, 1.807) is 24.1 Å². The molecule has 0 saturated heterocycles. The van der Waals surface area contributed by atoms with E-state index < -0.39 is 4.92 Å². The fourth-order valence-electron chi connectivity index (χ4n) is 2.11. The average Bonchev–Trinajstić information content (AvgIpc) is 2.50. The van der Waals surface area contributed by atoms with Gasteiger partial charge in [0.2, 0.25) is 5.91 Å². The Morgan fingerprint density at radius 1 is 1.38 bits per heavy atom. The SMILES string of the molecule is CC(c1cccc([N+](=O)[O-])c1)N(C)C(=O)CCCCCN. The zero-order valence-corrected chi connectivity index (χ0v) is 12.6. The topological polar surface area (TPSA) is 89.5 Å². The van der Waals surface area contributed by atoms with Gasteiger partial charge in [0.1, 0.15) is 0 Å². The summed E-state index contributed by atoms with van der Waals surface area (Å²) >= 11 is 0. The van der Waals surface area contributed by atoms with Gasteiger partial charge in [-0.15, -0.1) is 0 Å². The Hall–Kier alpha value is -1.95. The summed E-state index contributed by atoms with van der Waals surface area (Å²) in [6, 6.07) is 6.22. The summed E-state index contributed by atoms with van der Waals surface area (Å²) in [5.74, 6) is 0.0472. The van der Waals surface area contributed by atoms with Gasteiger partial charge in [0, 0.05) is 25.6 Å². The Bertz CT molecular complexity index is 491. The van der Waals surface area contributed by atoms with Crippen LogP contribution in [0.3, 0.4) is 0 Å². The summed E-state index contributed by atoms with van der Waals surface area (Å²) < 4.78 is 0. The van der Waals surface area contributed by atoms with Crippen molar-refractivity contribution in [2.45, 2.75) is 38.6 Å². The third kappa shape index (κ3) is 5.15. The zero-order chi connectivity index (χ0) is 15.8. The lowest BCUT2D eigenvalue weighted by atomic mass is 10.1. The second kappa shape index (κ2) is 8.36. The molecule has 6 heteroatoms. The minimum Gasteiger partial charge on any atom is -0.339 e. The van der Waals surface area contributed by atoms with Crippen molar-refractivity contribution >= 4 is 11.6 Å². The molecule has 1 atom stereocenters. The summed E-state index contributed by atoms with van der Waals surface area (Å²) in [4.78, 5) is 24.1. The molecule has 1 amide bonds. The van der Waals surface area contributed by atoms with Crippen molar-refractivity contribution in [2.75, 3.05) is 13.6 Å². The molecule has 0 aliphatic carbocycles. The van der Waals surface area contributed by atoms with Crippen molar-refractivity contribution in [3.05, 3.63) is 39.9 Å². The molecule has 0 aromatic heterocycles. The molecule has 2 N–H and O–H groups in total. The number of nitro groups is 1. The van der Waals surface area contributed by atoms with E-state index in [2.05, 4.69) is 0 Å². The molecule has 1 aromatic carbocycles. The molecule has 1 unspecified atom stereocenters. The van der Waals surface area contributed by atoms with Crippen LogP contribution in [0.15, 0.2) is 24.3 Å². The Morgan fingerprint density at radius 2 is 2.10 bits per heavy atom. The van der Waals surface area contributed by atoms with Crippen LogP contribution in [-0.2, 0) is 4.79 Å². The molecule has 6 nitrogen and oxygen atoms in total. The minimum atomic E-state index is -0.426. The van der Waals surface area contributed by atoms with Crippen LogP contribution in [0.25, 0.3) is 0 Å². The first-order valence-corrected chi connectivity index (χ1v) is 7.17. The predicted molar refractivity (Wildman–Crippen MR) is 81.8 cm³/mol. The highest BCUT2D eigenvalue weighted by Gasteiger charge is 2.18. The molecule has 0 radical (unpaired) electrons. The lowest BCUT2D eigenvalue weighted by Crippen LogP contribution is -2.29. The smallest absolute Gasteiger partial charge is 0.269 e. The van der Waals surface area contributed by atoms with Gasteiger partial charge in [0.25, 0.3) is 5.69 Å². The van der Waals surface area contributed by atoms with Crippen molar-refractivity contribution in [3.63, 3.8) is 0 Å². The third-order valence-corrected chi connectivity index (χ3v) is 3.63. The highest BCUT2D eigenvalue weighted by molar-refractivity contribution is 5.76. The molecule has 0 spiro atoms. The lowest BCUT2D eigenvalue weighted by molar-refractivity contribution is -0.384. The number of hydrogen-bond donors (Lipinski definition) is 1. The van der Waals surface area contributed by atoms with E-state index in [0.29, 0.717) is 13.0 Å². The molecular formula is C15H23N3O3. The molecule has 0 aliphatic heterocycles. The number of non-ortho nitro benzene ring substituents is 1. The summed E-state index contributed by atoms with van der Waals surface area (Å²) in [7, 11) is 1.73. The molecule has 0 bridgehead atoms. The fraction of sp³-hybridized carbons (Fsp3) is 0.533. The van der Waals surface area contributed by atoms with Gasteiger partial charge in [-0.3, -0.25) is 14.9 Å². The van der Waals surface area contributed by atoms with E-state index in [4.69, 9.17) is 5.73 Å². The van der Waals surface area contributed by atoms with Gasteiger partial charge in [-0.25, -0.2) is 0 Å². The Labute approximate surface area is 125 Å². The first-order valence-electron chi connectivity index (χ1n) is 7.17. The van der Waals surface area contributed by atoms with Crippen LogP contribution in [0.1, 0.15) is 44.2 Å². The average molecular weight is 293 g/mol. The highest BCUT2D eigenvalue weighted by atomic mass is 16.6. The highest BCUT2D eigenvalue weighted by Crippen LogP contribution is 2.23. The number of amides is 1. The minimum absolute atomic E-state index is 0.0446. The first-order chi connectivity index (χ1) is 9.97. The van der Waals surface area contributed by atoms with Crippen molar-refractivity contribution in [2.24, 2.45) is 5.73 Å². The molecule has 0 heterocycles. The molecule has 0 fully saturated rings. The van der Waals surface area contributed by atoms with Crippen molar-refractivity contribution < 1.29 is 9.72 Å². The Kier molecular flexibility index (Phi) is 6.81. The van der Waals surface area contributed by atoms with Crippen LogP contribution in [-0.4, -0.2) is 29.3 Å². The zero-order valence-electron chi connectivity index (χ0n) is 12.6. The quantitative estimate of drug-likeness (QED) is 0.453. The van der Waals surface area contributed by atoms with E-state index in [1.165, 1.54) is 12.1 Å². The molecule has 0 aliphatic rings. The van der Waals surface area contributed by atoms with Gasteiger partial charge < -0.3 is 10.6 Å². The van der Waals surface area contributed by atoms with Crippen molar-refractivity contribution in [1.29, 1.82) is 0 Å². The third-order valence-electron chi connectivity index (χ3n) is 3.63. The van der Waals surface area contributed by atoms with Crippen LogP contribution >= 0.6 is 0 Å². The van der Waals surface area contributed by atoms with E-state index >= 15 is 0 Å². The van der Waals surface area contributed by atoms with Crippen LogP contribution in [0.4, 0.5) is 5.69 Å². The number of carbonyl (C=O) groups excluding carboxylic acids is 1. The summed E-state index contributed by atoms with van der Waals surface area (Å²) in [5.41, 5.74) is 6.23. The number of nitrogens with zero attached hydrogens (tertiary/aromatic N) is 2. The lowest BCUT2D eigenvalue weighted by Gasteiger charge is -2.25. The van der Waals surface area contributed by atoms with Crippen molar-refractivity contribution in [3.8, 4) is 0 Å². The van der Waals surface area contributed by atoms with Gasteiger partial charge in [-0.1, -0.05) is 18.6 Å². The number of rotatable bonds is 8. The molecule has 1 rings (SSSR count). The normalized spacial score (nSPS) is 12.0. The standard InChI is InChI=1S/C15H23N3O3/c1-12(13-7-6-8-14(11-13)18(20)21)17(2)15(19)9-4-3-5-10-16/h6-8,11-12H,3-5,9-10,16H2,1-2H3. The maximum Gasteiger partial charge on any atom is 0.269 e. The first kappa shape index (κ1) is 17.1. The van der Waals surface area contributed by atoms with Gasteiger partial charge in [0.15, 0.2) is 0 Å². The van der Waals surface area contributed by atoms with Gasteiger partial charge >= 0.3 is 0 Å². The van der Waals surface area contributed by atoms with Crippen LogP contribution in [0.2, 0.25) is 0 Å². The molecule has 1 aromatic rings. The van der Waals surface area contributed by atoms with E-state index in [9.17, 15) is 14.9 Å². The summed E-state index contributed by atoms with van der Waals surface area (Å²) in [6.07, 6.45) is 3.18. The van der Waals surface area contributed by atoms with Gasteiger partial charge in [-0.2, -0.15) is 0 Å². The van der Waals surface area contributed by atoms with Gasteiger partial charge in [0.05, 0.1) is 11.0 Å². The number of nitro benzene ring substituents is 1.